The lowest BCUT2D eigenvalue weighted by Gasteiger charge is -2.48. The van der Waals surface area contributed by atoms with Crippen molar-refractivity contribution >= 4 is 29.2 Å². The third-order valence-corrected chi connectivity index (χ3v) is 8.32. The summed E-state index contributed by atoms with van der Waals surface area (Å²) in [5.41, 5.74) is -0.298. The normalized spacial score (nSPS) is 24.9. The lowest BCUT2D eigenvalue weighted by Crippen LogP contribution is -2.67. The molecule has 0 unspecified atom stereocenters. The predicted octanol–water partition coefficient (Wildman–Crippen LogP) is 1.92. The Bertz CT molecular complexity index is 1180. The molecule has 5 heterocycles. The van der Waals surface area contributed by atoms with E-state index in [2.05, 4.69) is 4.90 Å². The van der Waals surface area contributed by atoms with Crippen LogP contribution in [0.25, 0.3) is 0 Å². The summed E-state index contributed by atoms with van der Waals surface area (Å²) in [6.07, 6.45) is 1.27. The number of carbonyl (C=O) groups is 3. The molecule has 5 rings (SSSR count). The molecule has 0 spiro atoms. The standard InChI is InChI=1S/C24H28N4O4S/c1-15-7-8-18(33-15)10-24(21(30)25(2)23(32)26(3)22(24)31)14-27-11-16-9-17(13-27)19-5-4-6-20(29)28(19)12-16/h4-8,16-17H,9-14H2,1-3H3/t16-,17+/m1/s1. The molecular weight excluding hydrogens is 440 g/mol. The molecule has 0 N–H and O–H groups in total. The first-order valence-electron chi connectivity index (χ1n) is 11.3. The van der Waals surface area contributed by atoms with Gasteiger partial charge in [0.15, 0.2) is 0 Å². The molecule has 3 aliphatic rings. The third-order valence-electron chi connectivity index (χ3n) is 7.32. The summed E-state index contributed by atoms with van der Waals surface area (Å²) in [7, 11) is 2.91. The van der Waals surface area contributed by atoms with E-state index in [9.17, 15) is 19.2 Å². The van der Waals surface area contributed by atoms with Crippen molar-refractivity contribution in [2.75, 3.05) is 33.7 Å². The first kappa shape index (κ1) is 22.0. The van der Waals surface area contributed by atoms with Crippen LogP contribution in [0.3, 0.4) is 0 Å². The van der Waals surface area contributed by atoms with Gasteiger partial charge in [-0.3, -0.25) is 24.2 Å². The van der Waals surface area contributed by atoms with Crippen LogP contribution in [0.5, 0.6) is 0 Å². The molecule has 9 heteroatoms. The van der Waals surface area contributed by atoms with Gasteiger partial charge in [-0.15, -0.1) is 11.3 Å². The van der Waals surface area contributed by atoms with Crippen LogP contribution in [0.2, 0.25) is 0 Å². The SMILES string of the molecule is Cc1ccc(CC2(CN3C[C@H]4C[C@@H](C3)c3cccc(=O)n3C4)C(=O)N(C)C(=O)N(C)C2=O)s1. The van der Waals surface area contributed by atoms with Crippen LogP contribution in [0, 0.1) is 18.3 Å². The maximum absolute atomic E-state index is 13.6. The Morgan fingerprint density at radius 3 is 2.36 bits per heavy atom. The zero-order valence-corrected chi connectivity index (χ0v) is 19.9. The van der Waals surface area contributed by atoms with Crippen molar-refractivity contribution in [2.24, 2.45) is 11.3 Å². The van der Waals surface area contributed by atoms with Gasteiger partial charge in [-0.2, -0.15) is 0 Å². The van der Waals surface area contributed by atoms with Crippen molar-refractivity contribution in [3.63, 3.8) is 0 Å². The number of hydrogen-bond acceptors (Lipinski definition) is 6. The highest BCUT2D eigenvalue weighted by atomic mass is 32.1. The summed E-state index contributed by atoms with van der Waals surface area (Å²) in [4.78, 5) is 58.4. The van der Waals surface area contributed by atoms with Gasteiger partial charge in [-0.25, -0.2) is 4.79 Å². The van der Waals surface area contributed by atoms with E-state index in [1.165, 1.54) is 14.1 Å². The molecule has 0 aliphatic carbocycles. The van der Waals surface area contributed by atoms with Crippen molar-refractivity contribution in [3.05, 3.63) is 56.1 Å². The number of urea groups is 1. The van der Waals surface area contributed by atoms with Gasteiger partial charge in [0.2, 0.25) is 11.8 Å². The second-order valence-corrected chi connectivity index (χ2v) is 11.0. The van der Waals surface area contributed by atoms with E-state index in [1.54, 1.807) is 23.5 Å². The zero-order chi connectivity index (χ0) is 23.5. The molecule has 2 aromatic heterocycles. The number of aryl methyl sites for hydroxylation is 1. The van der Waals surface area contributed by atoms with Crippen LogP contribution in [-0.2, 0) is 22.6 Å². The van der Waals surface area contributed by atoms with Gasteiger partial charge in [0.25, 0.3) is 5.56 Å². The molecular formula is C24H28N4O4S. The highest BCUT2D eigenvalue weighted by molar-refractivity contribution is 7.11. The number of piperidine rings is 1. The lowest BCUT2D eigenvalue weighted by molar-refractivity contribution is -0.159. The monoisotopic (exact) mass is 468 g/mol. The fourth-order valence-electron chi connectivity index (χ4n) is 5.86. The van der Waals surface area contributed by atoms with Crippen molar-refractivity contribution in [1.82, 2.24) is 19.3 Å². The van der Waals surface area contributed by atoms with Crippen LogP contribution < -0.4 is 5.56 Å². The number of likely N-dealkylation sites (tertiary alicyclic amines) is 1. The number of imide groups is 2. The van der Waals surface area contributed by atoms with Gasteiger partial charge < -0.3 is 9.47 Å². The van der Waals surface area contributed by atoms with Crippen LogP contribution in [0.1, 0.15) is 27.8 Å². The fourth-order valence-corrected chi connectivity index (χ4v) is 6.86. The van der Waals surface area contributed by atoms with Crippen LogP contribution in [0.4, 0.5) is 4.79 Å². The molecule has 2 atom stereocenters. The molecule has 174 valence electrons. The average molecular weight is 469 g/mol. The van der Waals surface area contributed by atoms with Gasteiger partial charge in [0.05, 0.1) is 0 Å². The average Bonchev–Trinajstić information content (AvgIpc) is 3.20. The second-order valence-electron chi connectivity index (χ2n) is 9.67. The van der Waals surface area contributed by atoms with E-state index >= 15 is 0 Å². The summed E-state index contributed by atoms with van der Waals surface area (Å²) >= 11 is 1.58. The minimum Gasteiger partial charge on any atom is -0.312 e. The first-order chi connectivity index (χ1) is 15.7. The maximum Gasteiger partial charge on any atom is 0.332 e. The molecule has 0 saturated carbocycles. The highest BCUT2D eigenvalue weighted by Gasteiger charge is 2.56. The van der Waals surface area contributed by atoms with Gasteiger partial charge in [-0.05, 0) is 37.5 Å². The van der Waals surface area contributed by atoms with Gasteiger partial charge in [0, 0.05) is 74.1 Å². The van der Waals surface area contributed by atoms with Crippen molar-refractivity contribution < 1.29 is 14.4 Å². The Hall–Kier alpha value is -2.78. The number of aromatic nitrogens is 1. The molecule has 2 bridgehead atoms. The quantitative estimate of drug-likeness (QED) is 0.641. The number of hydrogen-bond donors (Lipinski definition) is 0. The predicted molar refractivity (Wildman–Crippen MR) is 124 cm³/mol. The van der Waals surface area contributed by atoms with Crippen LogP contribution in [0.15, 0.2) is 35.1 Å². The number of amides is 4. The number of pyridine rings is 1. The van der Waals surface area contributed by atoms with Gasteiger partial charge >= 0.3 is 6.03 Å². The number of carbonyl (C=O) groups excluding carboxylic acids is 3. The first-order valence-corrected chi connectivity index (χ1v) is 12.1. The molecule has 0 aromatic carbocycles. The highest BCUT2D eigenvalue weighted by Crippen LogP contribution is 2.39. The smallest absolute Gasteiger partial charge is 0.312 e. The molecule has 33 heavy (non-hydrogen) atoms. The maximum atomic E-state index is 13.6. The molecule has 2 saturated heterocycles. The Balaban J connectivity index is 1.50. The van der Waals surface area contributed by atoms with E-state index in [0.29, 0.717) is 19.6 Å². The van der Waals surface area contributed by atoms with E-state index in [0.717, 1.165) is 31.7 Å². The van der Waals surface area contributed by atoms with E-state index in [1.807, 2.05) is 29.7 Å². The Kier molecular flexibility index (Phi) is 5.29. The molecule has 3 aliphatic heterocycles. The summed E-state index contributed by atoms with van der Waals surface area (Å²) in [6, 6.07) is 8.77. The van der Waals surface area contributed by atoms with Crippen molar-refractivity contribution in [3.8, 4) is 0 Å². The van der Waals surface area contributed by atoms with E-state index in [-0.39, 0.29) is 30.4 Å². The second kappa shape index (κ2) is 7.92. The Morgan fingerprint density at radius 2 is 1.70 bits per heavy atom. The molecule has 2 aromatic rings. The summed E-state index contributed by atoms with van der Waals surface area (Å²) in [5.74, 6) is -0.412. The summed E-state index contributed by atoms with van der Waals surface area (Å²) < 4.78 is 1.87. The number of fused-ring (bicyclic) bond motifs is 4. The molecule has 8 nitrogen and oxygen atoms in total. The van der Waals surface area contributed by atoms with Crippen LogP contribution in [-0.4, -0.2) is 70.8 Å². The zero-order valence-electron chi connectivity index (χ0n) is 19.1. The van der Waals surface area contributed by atoms with Crippen molar-refractivity contribution in [1.29, 1.82) is 0 Å². The number of nitrogens with zero attached hydrogens (tertiary/aromatic N) is 4. The Labute approximate surface area is 196 Å². The number of thiophene rings is 1. The topological polar surface area (TPSA) is 82.9 Å². The molecule has 0 radical (unpaired) electrons. The van der Waals surface area contributed by atoms with E-state index < -0.39 is 23.3 Å². The summed E-state index contributed by atoms with van der Waals surface area (Å²) in [5, 5.41) is 0. The molecule has 2 fully saturated rings. The van der Waals surface area contributed by atoms with Gasteiger partial charge in [-0.1, -0.05) is 6.07 Å². The van der Waals surface area contributed by atoms with E-state index in [4.69, 9.17) is 0 Å². The Morgan fingerprint density at radius 1 is 0.970 bits per heavy atom. The summed E-state index contributed by atoms with van der Waals surface area (Å²) in [6.45, 7) is 4.29. The molecule has 4 amide bonds. The minimum atomic E-state index is -1.35. The third kappa shape index (κ3) is 3.54. The van der Waals surface area contributed by atoms with Gasteiger partial charge in [0.1, 0.15) is 5.41 Å². The van der Waals surface area contributed by atoms with Crippen molar-refractivity contribution in [2.45, 2.75) is 32.2 Å². The fraction of sp³-hybridized carbons (Fsp3) is 0.500. The number of rotatable bonds is 4. The number of barbiturate groups is 1. The largest absolute Gasteiger partial charge is 0.332 e. The minimum absolute atomic E-state index is 0.0274. The van der Waals surface area contributed by atoms with Crippen LogP contribution >= 0.6 is 11.3 Å². The lowest BCUT2D eigenvalue weighted by atomic mass is 9.76.